The van der Waals surface area contributed by atoms with Crippen LogP contribution in [0.15, 0.2) is 66.9 Å². The van der Waals surface area contributed by atoms with Crippen molar-refractivity contribution >= 4 is 14.2 Å². The fraction of sp³-hybridized carbons (Fsp3) is 0.438. The second kappa shape index (κ2) is 14.0. The molecule has 0 fully saturated rings. The van der Waals surface area contributed by atoms with Crippen LogP contribution in [0.25, 0.3) is 0 Å². The number of aromatic hydroxyl groups is 1. The van der Waals surface area contributed by atoms with Crippen LogP contribution < -0.4 is 10.6 Å². The van der Waals surface area contributed by atoms with E-state index in [0.29, 0.717) is 25.1 Å². The maximum atomic E-state index is 12.5. The Kier molecular flexibility index (Phi) is 11.0. The third-order valence-corrected chi connectivity index (χ3v) is 11.5. The first-order valence-corrected chi connectivity index (χ1v) is 17.0. The molecule has 5 N–H and O–H groups in total. The van der Waals surface area contributed by atoms with E-state index in [-0.39, 0.29) is 35.3 Å². The summed E-state index contributed by atoms with van der Waals surface area (Å²) in [6.45, 7) is 11.2. The van der Waals surface area contributed by atoms with Crippen molar-refractivity contribution in [1.82, 2.24) is 15.6 Å². The third kappa shape index (κ3) is 9.27. The first-order chi connectivity index (χ1) is 18.9. The molecule has 0 saturated carbocycles. The maximum Gasteiger partial charge on any atom is 0.224 e. The van der Waals surface area contributed by atoms with E-state index in [9.17, 15) is 19.8 Å². The first kappa shape index (κ1) is 31.5. The van der Waals surface area contributed by atoms with Crippen molar-refractivity contribution in [3.05, 3.63) is 94.8 Å². The predicted molar refractivity (Wildman–Crippen MR) is 163 cm³/mol. The molecule has 1 heterocycles. The van der Waals surface area contributed by atoms with Gasteiger partial charge in [-0.3, -0.25) is 9.78 Å². The van der Waals surface area contributed by atoms with Gasteiger partial charge in [0.2, 0.25) is 5.91 Å². The number of hydrogen-bond donors (Lipinski definition) is 5. The van der Waals surface area contributed by atoms with E-state index in [4.69, 9.17) is 0 Å². The van der Waals surface area contributed by atoms with Gasteiger partial charge in [0.15, 0.2) is 8.32 Å². The fourth-order valence-electron chi connectivity index (χ4n) is 4.74. The van der Waals surface area contributed by atoms with E-state index in [1.807, 2.05) is 55.6 Å². The number of aliphatic hydroxyl groups is 1. The van der Waals surface area contributed by atoms with E-state index < -0.39 is 8.32 Å². The lowest BCUT2D eigenvalue weighted by Crippen LogP contribution is -2.41. The van der Waals surface area contributed by atoms with Crippen LogP contribution in [0, 0.1) is 0 Å². The summed E-state index contributed by atoms with van der Waals surface area (Å²) in [5.74, 6) is 0.148. The van der Waals surface area contributed by atoms with E-state index >= 15 is 0 Å². The van der Waals surface area contributed by atoms with Crippen molar-refractivity contribution in [2.45, 2.75) is 83.3 Å². The first-order valence-electron chi connectivity index (χ1n) is 14.0. The van der Waals surface area contributed by atoms with Crippen molar-refractivity contribution in [1.29, 1.82) is 0 Å². The minimum atomic E-state index is -2.44. The number of aliphatic hydroxyl groups excluding tert-OH is 1. The van der Waals surface area contributed by atoms with Gasteiger partial charge in [0.05, 0.1) is 25.3 Å². The van der Waals surface area contributed by atoms with E-state index in [1.54, 1.807) is 12.3 Å². The quantitative estimate of drug-likeness (QED) is 0.180. The Morgan fingerprint density at radius 1 is 1.05 bits per heavy atom. The topological polar surface area (TPSA) is 115 Å². The molecule has 0 radical (unpaired) electrons. The van der Waals surface area contributed by atoms with Gasteiger partial charge in [0.25, 0.3) is 0 Å². The smallest absolute Gasteiger partial charge is 0.224 e. The number of carbonyl (C=O) groups excluding carboxylic acids is 1. The summed E-state index contributed by atoms with van der Waals surface area (Å²) < 4.78 is 0. The summed E-state index contributed by atoms with van der Waals surface area (Å²) in [7, 11) is -2.44. The zero-order chi connectivity index (χ0) is 29.3. The number of aromatic nitrogens is 1. The number of pyridine rings is 1. The number of nitrogens with zero attached hydrogens (tertiary/aromatic N) is 1. The highest BCUT2D eigenvalue weighted by atomic mass is 28.4. The zero-order valence-corrected chi connectivity index (χ0v) is 25.4. The van der Waals surface area contributed by atoms with Crippen LogP contribution in [-0.2, 0) is 30.8 Å². The number of hydrogen-bond acceptors (Lipinski definition) is 6. The van der Waals surface area contributed by atoms with E-state index in [1.165, 1.54) is 0 Å². The Balaban J connectivity index is 1.63. The SMILES string of the molecule is C[C@H](Cc1cccc(CC(=O)NCc2ccccn2)c1)NC[C@H](CC(C)(C)[Si](C)(C)O)c1ccc(O)c(CO)c1. The Labute approximate surface area is 239 Å². The second-order valence-corrected chi connectivity index (χ2v) is 16.5. The van der Waals surface area contributed by atoms with Crippen molar-refractivity contribution in [2.24, 2.45) is 0 Å². The molecule has 8 heteroatoms. The van der Waals surface area contributed by atoms with Gasteiger partial charge < -0.3 is 25.6 Å². The molecule has 1 amide bonds. The van der Waals surface area contributed by atoms with Gasteiger partial charge in [0, 0.05) is 24.3 Å². The number of rotatable bonds is 14. The molecule has 2 atom stereocenters. The molecule has 0 aliphatic rings. The number of benzene rings is 2. The Bertz CT molecular complexity index is 1240. The molecule has 0 bridgehead atoms. The molecule has 0 saturated heterocycles. The lowest BCUT2D eigenvalue weighted by Gasteiger charge is -2.38. The normalized spacial score (nSPS) is 13.6. The summed E-state index contributed by atoms with van der Waals surface area (Å²) in [6.07, 6.45) is 3.61. The van der Waals surface area contributed by atoms with Crippen molar-refractivity contribution < 1.29 is 19.8 Å². The third-order valence-electron chi connectivity index (χ3n) is 7.96. The van der Waals surface area contributed by atoms with Crippen LogP contribution in [-0.4, -0.2) is 46.8 Å². The Morgan fingerprint density at radius 3 is 2.48 bits per heavy atom. The predicted octanol–water partition coefficient (Wildman–Crippen LogP) is 4.81. The minimum Gasteiger partial charge on any atom is -0.508 e. The molecule has 1 aromatic heterocycles. The molecule has 0 spiro atoms. The number of amides is 1. The van der Waals surface area contributed by atoms with Crippen molar-refractivity contribution in [2.75, 3.05) is 6.54 Å². The highest BCUT2D eigenvalue weighted by Gasteiger charge is 2.40. The fourth-order valence-corrected chi connectivity index (χ4v) is 5.48. The molecule has 0 aliphatic heterocycles. The van der Waals surface area contributed by atoms with Crippen LogP contribution in [0.1, 0.15) is 61.1 Å². The minimum absolute atomic E-state index is 0.0362. The largest absolute Gasteiger partial charge is 0.508 e. The summed E-state index contributed by atoms with van der Waals surface area (Å²) in [4.78, 5) is 27.7. The summed E-state index contributed by atoms with van der Waals surface area (Å²) in [5, 5.41) is 26.2. The van der Waals surface area contributed by atoms with Gasteiger partial charge in [-0.15, -0.1) is 0 Å². The van der Waals surface area contributed by atoms with Gasteiger partial charge in [-0.25, -0.2) is 0 Å². The number of nitrogens with one attached hydrogen (secondary N) is 2. The van der Waals surface area contributed by atoms with Crippen LogP contribution in [0.4, 0.5) is 0 Å². The second-order valence-electron chi connectivity index (χ2n) is 12.0. The maximum absolute atomic E-state index is 12.5. The Hall–Kier alpha value is -3.04. The Morgan fingerprint density at radius 2 is 1.80 bits per heavy atom. The summed E-state index contributed by atoms with van der Waals surface area (Å²) >= 11 is 0. The lowest BCUT2D eigenvalue weighted by atomic mass is 9.88. The molecule has 2 aromatic carbocycles. The lowest BCUT2D eigenvalue weighted by molar-refractivity contribution is -0.120. The average molecular weight is 564 g/mol. The van der Waals surface area contributed by atoms with Gasteiger partial charge in [-0.05, 0) is 84.8 Å². The van der Waals surface area contributed by atoms with Crippen LogP contribution in [0.2, 0.25) is 18.1 Å². The molecule has 3 rings (SSSR count). The number of phenols is 1. The van der Waals surface area contributed by atoms with E-state index in [0.717, 1.165) is 35.2 Å². The molecule has 40 heavy (non-hydrogen) atoms. The van der Waals surface area contributed by atoms with Gasteiger partial charge in [-0.2, -0.15) is 0 Å². The zero-order valence-electron chi connectivity index (χ0n) is 24.4. The average Bonchev–Trinajstić information content (AvgIpc) is 2.90. The van der Waals surface area contributed by atoms with Crippen molar-refractivity contribution in [3.8, 4) is 5.75 Å². The standard InChI is InChI=1S/C32H45N3O4Si/c1-23(15-24-9-8-10-25(16-24)17-31(38)35-21-29-11-6-7-14-33-29)34-20-28(19-32(2,3)40(4,5)39)26-12-13-30(37)27(18-26)22-36/h6-14,16,18,23,28,34,36-37,39H,15,17,19-22H2,1-5H3,(H,35,38)/t23-,28+/m1/s1. The van der Waals surface area contributed by atoms with Crippen LogP contribution in [0.3, 0.4) is 0 Å². The van der Waals surface area contributed by atoms with Gasteiger partial charge in [-0.1, -0.05) is 50.2 Å². The molecular formula is C32H45N3O4Si. The highest BCUT2D eigenvalue weighted by molar-refractivity contribution is 6.72. The van der Waals surface area contributed by atoms with Crippen molar-refractivity contribution in [3.63, 3.8) is 0 Å². The van der Waals surface area contributed by atoms with E-state index in [2.05, 4.69) is 48.5 Å². The summed E-state index contributed by atoms with van der Waals surface area (Å²) in [6, 6.07) is 19.4. The van der Waals surface area contributed by atoms with Crippen LogP contribution >= 0.6 is 0 Å². The van der Waals surface area contributed by atoms with Gasteiger partial charge >= 0.3 is 0 Å². The molecule has 216 valence electrons. The monoisotopic (exact) mass is 563 g/mol. The molecular weight excluding hydrogens is 518 g/mol. The highest BCUT2D eigenvalue weighted by Crippen LogP contribution is 2.44. The molecule has 3 aromatic rings. The number of carbonyl (C=O) groups is 1. The molecule has 0 aliphatic carbocycles. The van der Waals surface area contributed by atoms with Gasteiger partial charge in [0.1, 0.15) is 5.75 Å². The molecule has 7 nitrogen and oxygen atoms in total. The van der Waals surface area contributed by atoms with Crippen LogP contribution in [0.5, 0.6) is 5.75 Å². The molecule has 0 unspecified atom stereocenters. The summed E-state index contributed by atoms with van der Waals surface area (Å²) in [5.41, 5.74) is 4.50.